The molecule has 0 radical (unpaired) electrons. The van der Waals surface area contributed by atoms with Crippen LogP contribution in [0.3, 0.4) is 0 Å². The summed E-state index contributed by atoms with van der Waals surface area (Å²) in [5.74, 6) is 0. The molecule has 2 nitrogen and oxygen atoms in total. The zero-order valence-corrected chi connectivity index (χ0v) is 5.83. The maximum Gasteiger partial charge on any atom is 0.270 e. The summed E-state index contributed by atoms with van der Waals surface area (Å²) in [6, 6.07) is 1.57. The molecule has 1 aromatic rings. The number of H-pyrrole nitrogens is 1. The largest absolute Gasteiger partial charge is 0.356 e. The van der Waals surface area contributed by atoms with E-state index in [1.165, 1.54) is 0 Å². The van der Waals surface area contributed by atoms with Crippen LogP contribution in [0.2, 0.25) is 5.02 Å². The summed E-state index contributed by atoms with van der Waals surface area (Å²) in [6.07, 6.45) is 1.55. The van der Waals surface area contributed by atoms with Gasteiger partial charge in [0.25, 0.3) is 5.24 Å². The van der Waals surface area contributed by atoms with Gasteiger partial charge in [0.1, 0.15) is 5.69 Å². The second-order valence-corrected chi connectivity index (χ2v) is 2.22. The smallest absolute Gasteiger partial charge is 0.270 e. The Morgan fingerprint density at radius 3 is 2.56 bits per heavy atom. The molecular weight excluding hydrogens is 161 g/mol. The van der Waals surface area contributed by atoms with Gasteiger partial charge in [0.2, 0.25) is 0 Å². The first kappa shape index (κ1) is 6.65. The molecule has 48 valence electrons. The molecule has 0 atom stereocenters. The van der Waals surface area contributed by atoms with Crippen molar-refractivity contribution in [1.82, 2.24) is 4.98 Å². The topological polar surface area (TPSA) is 32.9 Å². The first-order valence-electron chi connectivity index (χ1n) is 2.24. The molecule has 4 heteroatoms. The third kappa shape index (κ3) is 1.26. The molecule has 0 aliphatic heterocycles. The highest BCUT2D eigenvalue weighted by Gasteiger charge is 2.06. The monoisotopic (exact) mass is 163 g/mol. The van der Waals surface area contributed by atoms with Crippen LogP contribution < -0.4 is 0 Å². The van der Waals surface area contributed by atoms with Gasteiger partial charge in [-0.3, -0.25) is 4.79 Å². The second-order valence-electron chi connectivity index (χ2n) is 1.47. The van der Waals surface area contributed by atoms with E-state index in [1.807, 2.05) is 0 Å². The van der Waals surface area contributed by atoms with Crippen molar-refractivity contribution in [3.63, 3.8) is 0 Å². The molecule has 1 rings (SSSR count). The number of hydrogen-bond acceptors (Lipinski definition) is 1. The highest BCUT2D eigenvalue weighted by atomic mass is 35.5. The molecule has 0 saturated carbocycles. The summed E-state index contributed by atoms with van der Waals surface area (Å²) < 4.78 is 0. The van der Waals surface area contributed by atoms with E-state index in [4.69, 9.17) is 23.2 Å². The normalized spacial score (nSPS) is 9.56. The SMILES string of the molecule is O=C(Cl)c1[nH]ccc1Cl. The summed E-state index contributed by atoms with van der Waals surface area (Å²) in [5, 5.41) is -0.208. The standard InChI is InChI=1S/C5H3Cl2NO/c6-3-1-2-8-4(3)5(7)9/h1-2,8H. The van der Waals surface area contributed by atoms with Crippen molar-refractivity contribution in [2.75, 3.05) is 0 Å². The van der Waals surface area contributed by atoms with Gasteiger partial charge < -0.3 is 4.98 Å². The minimum absolute atomic E-state index is 0.248. The van der Waals surface area contributed by atoms with Gasteiger partial charge in [-0.15, -0.1) is 0 Å². The van der Waals surface area contributed by atoms with E-state index in [0.717, 1.165) is 0 Å². The molecule has 0 aliphatic rings. The maximum atomic E-state index is 10.4. The van der Waals surface area contributed by atoms with Gasteiger partial charge in [-0.25, -0.2) is 0 Å². The fourth-order valence-electron chi connectivity index (χ4n) is 0.501. The van der Waals surface area contributed by atoms with Crippen LogP contribution in [0.1, 0.15) is 10.5 Å². The summed E-state index contributed by atoms with van der Waals surface area (Å²) >= 11 is 10.6. The Balaban J connectivity index is 3.08. The molecule has 0 spiro atoms. The van der Waals surface area contributed by atoms with Crippen LogP contribution >= 0.6 is 23.2 Å². The molecule has 0 aliphatic carbocycles. The lowest BCUT2D eigenvalue weighted by Gasteiger charge is -1.84. The number of nitrogens with one attached hydrogen (secondary N) is 1. The lowest BCUT2D eigenvalue weighted by Crippen LogP contribution is -1.87. The minimum atomic E-state index is -0.565. The lowest BCUT2D eigenvalue weighted by atomic mass is 10.5. The van der Waals surface area contributed by atoms with Gasteiger partial charge in [0, 0.05) is 6.20 Å². The average Bonchev–Trinajstić information content (AvgIpc) is 2.13. The van der Waals surface area contributed by atoms with E-state index in [2.05, 4.69) is 4.98 Å². The predicted octanol–water partition coefficient (Wildman–Crippen LogP) is 2.05. The van der Waals surface area contributed by atoms with Crippen molar-refractivity contribution >= 4 is 28.4 Å². The van der Waals surface area contributed by atoms with Crippen molar-refractivity contribution in [3.8, 4) is 0 Å². The van der Waals surface area contributed by atoms with Gasteiger partial charge in [-0.1, -0.05) is 11.6 Å². The van der Waals surface area contributed by atoms with E-state index in [1.54, 1.807) is 12.3 Å². The van der Waals surface area contributed by atoms with E-state index < -0.39 is 5.24 Å². The van der Waals surface area contributed by atoms with Crippen LogP contribution in [0.25, 0.3) is 0 Å². The molecule has 0 aromatic carbocycles. The predicted molar refractivity (Wildman–Crippen MR) is 36.0 cm³/mol. The fourth-order valence-corrected chi connectivity index (χ4v) is 0.909. The van der Waals surface area contributed by atoms with Crippen LogP contribution in [0.5, 0.6) is 0 Å². The van der Waals surface area contributed by atoms with Gasteiger partial charge in [-0.2, -0.15) is 0 Å². The molecule has 1 aromatic heterocycles. The Morgan fingerprint density at radius 2 is 2.33 bits per heavy atom. The number of carbonyl (C=O) groups excluding carboxylic acids is 1. The number of aromatic amines is 1. The quantitative estimate of drug-likeness (QED) is 0.633. The molecule has 0 fully saturated rings. The minimum Gasteiger partial charge on any atom is -0.356 e. The van der Waals surface area contributed by atoms with Crippen LogP contribution in [0.4, 0.5) is 0 Å². The van der Waals surface area contributed by atoms with Crippen molar-refractivity contribution in [1.29, 1.82) is 0 Å². The fraction of sp³-hybridized carbons (Fsp3) is 0. The van der Waals surface area contributed by atoms with Crippen molar-refractivity contribution < 1.29 is 4.79 Å². The summed E-state index contributed by atoms with van der Waals surface area (Å²) in [4.78, 5) is 13.0. The zero-order valence-electron chi connectivity index (χ0n) is 4.32. The molecule has 0 amide bonds. The summed E-state index contributed by atoms with van der Waals surface area (Å²) in [6.45, 7) is 0. The maximum absolute atomic E-state index is 10.4. The highest BCUT2D eigenvalue weighted by molar-refractivity contribution is 6.68. The molecule has 0 unspecified atom stereocenters. The van der Waals surface area contributed by atoms with Gasteiger partial charge >= 0.3 is 0 Å². The summed E-state index contributed by atoms with van der Waals surface area (Å²) in [5.41, 5.74) is 0.248. The Hall–Kier alpha value is -0.470. The van der Waals surface area contributed by atoms with Crippen LogP contribution in [-0.4, -0.2) is 10.2 Å². The molecular formula is C5H3Cl2NO. The molecule has 1 heterocycles. The van der Waals surface area contributed by atoms with Gasteiger partial charge in [-0.05, 0) is 17.7 Å². The number of halogens is 2. The van der Waals surface area contributed by atoms with Crippen molar-refractivity contribution in [2.24, 2.45) is 0 Å². The van der Waals surface area contributed by atoms with Crippen molar-refractivity contribution in [3.05, 3.63) is 23.0 Å². The number of aromatic nitrogens is 1. The number of hydrogen-bond donors (Lipinski definition) is 1. The van der Waals surface area contributed by atoms with Gasteiger partial charge in [0.15, 0.2) is 0 Å². The Kier molecular flexibility index (Phi) is 1.78. The third-order valence-electron chi connectivity index (χ3n) is 0.893. The van der Waals surface area contributed by atoms with Crippen LogP contribution in [0.15, 0.2) is 12.3 Å². The number of rotatable bonds is 1. The molecule has 9 heavy (non-hydrogen) atoms. The molecule has 0 saturated heterocycles. The summed E-state index contributed by atoms with van der Waals surface area (Å²) in [7, 11) is 0. The lowest BCUT2D eigenvalue weighted by molar-refractivity contribution is 0.107. The third-order valence-corrected chi connectivity index (χ3v) is 1.40. The van der Waals surface area contributed by atoms with Crippen LogP contribution in [0, 0.1) is 0 Å². The first-order chi connectivity index (χ1) is 4.22. The van der Waals surface area contributed by atoms with E-state index >= 15 is 0 Å². The molecule has 1 N–H and O–H groups in total. The number of carbonyl (C=O) groups is 1. The van der Waals surface area contributed by atoms with E-state index in [9.17, 15) is 4.79 Å². The van der Waals surface area contributed by atoms with Crippen molar-refractivity contribution in [2.45, 2.75) is 0 Å². The molecule has 0 bridgehead atoms. The Bertz CT molecular complexity index is 231. The van der Waals surface area contributed by atoms with E-state index in [0.29, 0.717) is 5.02 Å². The Labute approximate surface area is 61.8 Å². The second kappa shape index (κ2) is 2.42. The Morgan fingerprint density at radius 1 is 1.67 bits per heavy atom. The average molecular weight is 164 g/mol. The van der Waals surface area contributed by atoms with Crippen LogP contribution in [-0.2, 0) is 0 Å². The van der Waals surface area contributed by atoms with Gasteiger partial charge in [0.05, 0.1) is 5.02 Å². The highest BCUT2D eigenvalue weighted by Crippen LogP contribution is 2.14. The first-order valence-corrected chi connectivity index (χ1v) is 3.00. The zero-order chi connectivity index (χ0) is 6.85. The van der Waals surface area contributed by atoms with E-state index in [-0.39, 0.29) is 5.69 Å².